The molecule has 0 fully saturated rings. The summed E-state index contributed by atoms with van der Waals surface area (Å²) in [5, 5.41) is 11.0. The molecule has 1 amide bonds. The van der Waals surface area contributed by atoms with Crippen LogP contribution in [0.3, 0.4) is 0 Å². The van der Waals surface area contributed by atoms with Gasteiger partial charge in [-0.25, -0.2) is 0 Å². The topological polar surface area (TPSA) is 53.3 Å². The van der Waals surface area contributed by atoms with Crippen molar-refractivity contribution in [3.05, 3.63) is 42.0 Å². The Hall–Kier alpha value is -2.54. The van der Waals surface area contributed by atoms with Gasteiger partial charge in [0.05, 0.1) is 25.0 Å². The molecule has 0 heterocycles. The standard InChI is InChI=1S/C19H22N2O2/c1-13(11-20)12-21(3)19(22)14(2)15-5-6-17-10-18(23-4)8-7-16(17)9-15/h5-10,13-14H,12H2,1-4H3/t13?,14-/m0/s1. The Labute approximate surface area is 137 Å². The molecule has 2 rings (SSSR count). The third-order valence-corrected chi connectivity index (χ3v) is 4.09. The summed E-state index contributed by atoms with van der Waals surface area (Å²) in [4.78, 5) is 14.2. The third-order valence-electron chi connectivity index (χ3n) is 4.09. The summed E-state index contributed by atoms with van der Waals surface area (Å²) in [6, 6.07) is 14.1. The quantitative estimate of drug-likeness (QED) is 0.848. The van der Waals surface area contributed by atoms with Gasteiger partial charge < -0.3 is 9.64 Å². The van der Waals surface area contributed by atoms with Gasteiger partial charge >= 0.3 is 0 Å². The highest BCUT2D eigenvalue weighted by molar-refractivity contribution is 5.88. The minimum absolute atomic E-state index is 0.0277. The van der Waals surface area contributed by atoms with Crippen LogP contribution in [0, 0.1) is 17.2 Å². The molecule has 0 bridgehead atoms. The molecule has 2 aromatic carbocycles. The van der Waals surface area contributed by atoms with Crippen LogP contribution in [0.2, 0.25) is 0 Å². The summed E-state index contributed by atoms with van der Waals surface area (Å²) in [7, 11) is 3.40. The molecule has 4 nitrogen and oxygen atoms in total. The maximum absolute atomic E-state index is 12.5. The summed E-state index contributed by atoms with van der Waals surface area (Å²) in [6.07, 6.45) is 0. The second-order valence-corrected chi connectivity index (χ2v) is 5.94. The lowest BCUT2D eigenvalue weighted by atomic mass is 9.96. The van der Waals surface area contributed by atoms with Crippen molar-refractivity contribution in [1.82, 2.24) is 4.90 Å². The molecular formula is C19H22N2O2. The highest BCUT2D eigenvalue weighted by Gasteiger charge is 2.20. The maximum atomic E-state index is 12.5. The van der Waals surface area contributed by atoms with Crippen LogP contribution in [0.4, 0.5) is 0 Å². The smallest absolute Gasteiger partial charge is 0.229 e. The Kier molecular flexibility index (Phi) is 5.23. The Morgan fingerprint density at radius 2 is 1.87 bits per heavy atom. The van der Waals surface area contributed by atoms with Crippen molar-refractivity contribution >= 4 is 16.7 Å². The average Bonchev–Trinajstić information content (AvgIpc) is 2.59. The van der Waals surface area contributed by atoms with Crippen molar-refractivity contribution in [3.63, 3.8) is 0 Å². The first-order valence-corrected chi connectivity index (χ1v) is 7.68. The zero-order chi connectivity index (χ0) is 17.0. The zero-order valence-corrected chi connectivity index (χ0v) is 14.0. The number of carbonyl (C=O) groups is 1. The van der Waals surface area contributed by atoms with Crippen LogP contribution in [0.5, 0.6) is 5.75 Å². The van der Waals surface area contributed by atoms with Gasteiger partial charge in [-0.3, -0.25) is 4.79 Å². The number of carbonyl (C=O) groups excluding carboxylic acids is 1. The summed E-state index contributed by atoms with van der Waals surface area (Å²) in [5.41, 5.74) is 0.976. The minimum atomic E-state index is -0.239. The lowest BCUT2D eigenvalue weighted by Gasteiger charge is -2.22. The van der Waals surface area contributed by atoms with Crippen molar-refractivity contribution in [1.29, 1.82) is 5.26 Å². The summed E-state index contributed by atoms with van der Waals surface area (Å²) in [5.74, 6) is 0.442. The van der Waals surface area contributed by atoms with Crippen LogP contribution >= 0.6 is 0 Å². The number of hydrogen-bond donors (Lipinski definition) is 0. The van der Waals surface area contributed by atoms with E-state index in [9.17, 15) is 4.79 Å². The van der Waals surface area contributed by atoms with E-state index in [0.717, 1.165) is 22.1 Å². The maximum Gasteiger partial charge on any atom is 0.229 e. The number of nitriles is 1. The van der Waals surface area contributed by atoms with Crippen molar-refractivity contribution in [2.75, 3.05) is 20.7 Å². The Morgan fingerprint density at radius 1 is 1.22 bits per heavy atom. The highest BCUT2D eigenvalue weighted by atomic mass is 16.5. The Morgan fingerprint density at radius 3 is 2.52 bits per heavy atom. The fraction of sp³-hybridized carbons (Fsp3) is 0.368. The second kappa shape index (κ2) is 7.15. The largest absolute Gasteiger partial charge is 0.497 e. The van der Waals surface area contributed by atoms with Crippen molar-refractivity contribution < 1.29 is 9.53 Å². The van der Waals surface area contributed by atoms with Crippen molar-refractivity contribution in [3.8, 4) is 11.8 Å². The number of likely N-dealkylation sites (N-methyl/N-ethyl adjacent to an activating group) is 1. The molecule has 0 spiro atoms. The molecule has 2 aromatic rings. The van der Waals surface area contributed by atoms with E-state index in [2.05, 4.69) is 6.07 Å². The molecule has 0 saturated carbocycles. The van der Waals surface area contributed by atoms with Crippen molar-refractivity contribution in [2.24, 2.45) is 5.92 Å². The molecule has 0 aliphatic heterocycles. The van der Waals surface area contributed by atoms with E-state index >= 15 is 0 Å². The molecule has 4 heteroatoms. The third kappa shape index (κ3) is 3.81. The number of methoxy groups -OCH3 is 1. The van der Waals surface area contributed by atoms with Crippen LogP contribution < -0.4 is 4.74 Å². The summed E-state index contributed by atoms with van der Waals surface area (Å²) >= 11 is 0. The summed E-state index contributed by atoms with van der Waals surface area (Å²) < 4.78 is 5.23. The van der Waals surface area contributed by atoms with Gasteiger partial charge in [-0.15, -0.1) is 0 Å². The van der Waals surface area contributed by atoms with Crippen LogP contribution in [-0.4, -0.2) is 31.5 Å². The van der Waals surface area contributed by atoms with Gasteiger partial charge in [0.1, 0.15) is 5.75 Å². The summed E-state index contributed by atoms with van der Waals surface area (Å²) in [6.45, 7) is 4.17. The molecule has 0 radical (unpaired) electrons. The Bertz CT molecular complexity index is 749. The van der Waals surface area contributed by atoms with E-state index in [1.54, 1.807) is 19.1 Å². The molecule has 0 N–H and O–H groups in total. The van der Waals surface area contributed by atoms with Crippen LogP contribution in [0.1, 0.15) is 25.3 Å². The van der Waals surface area contributed by atoms with E-state index in [0.29, 0.717) is 6.54 Å². The predicted octanol–water partition coefficient (Wildman–Crippen LogP) is 3.57. The van der Waals surface area contributed by atoms with Gasteiger partial charge in [0.15, 0.2) is 0 Å². The fourth-order valence-corrected chi connectivity index (χ4v) is 2.65. The lowest BCUT2D eigenvalue weighted by molar-refractivity contribution is -0.131. The first-order valence-electron chi connectivity index (χ1n) is 7.68. The number of rotatable bonds is 5. The number of hydrogen-bond acceptors (Lipinski definition) is 3. The minimum Gasteiger partial charge on any atom is -0.497 e. The van der Waals surface area contributed by atoms with E-state index < -0.39 is 0 Å². The number of fused-ring (bicyclic) bond motifs is 1. The lowest BCUT2D eigenvalue weighted by Crippen LogP contribution is -2.33. The van der Waals surface area contributed by atoms with Crippen molar-refractivity contribution in [2.45, 2.75) is 19.8 Å². The molecule has 2 atom stereocenters. The van der Waals surface area contributed by atoms with Crippen LogP contribution in [0.25, 0.3) is 10.8 Å². The average molecular weight is 310 g/mol. The van der Waals surface area contributed by atoms with E-state index in [-0.39, 0.29) is 17.7 Å². The number of ether oxygens (including phenoxy) is 1. The van der Waals surface area contributed by atoms with E-state index in [1.807, 2.05) is 50.2 Å². The molecular weight excluding hydrogens is 288 g/mol. The molecule has 120 valence electrons. The van der Waals surface area contributed by atoms with Gasteiger partial charge in [0, 0.05) is 13.6 Å². The van der Waals surface area contributed by atoms with Gasteiger partial charge in [0.25, 0.3) is 0 Å². The van der Waals surface area contributed by atoms with Crippen LogP contribution in [0.15, 0.2) is 36.4 Å². The molecule has 0 saturated heterocycles. The SMILES string of the molecule is COc1ccc2cc([C@H](C)C(=O)N(C)CC(C)C#N)ccc2c1. The normalized spacial score (nSPS) is 13.2. The molecule has 0 aliphatic carbocycles. The molecule has 1 unspecified atom stereocenters. The highest BCUT2D eigenvalue weighted by Crippen LogP contribution is 2.26. The second-order valence-electron chi connectivity index (χ2n) is 5.94. The van der Waals surface area contributed by atoms with E-state index in [4.69, 9.17) is 10.00 Å². The number of amides is 1. The van der Waals surface area contributed by atoms with Gasteiger partial charge in [0.2, 0.25) is 5.91 Å². The monoisotopic (exact) mass is 310 g/mol. The first kappa shape index (κ1) is 16.8. The zero-order valence-electron chi connectivity index (χ0n) is 14.0. The Balaban J connectivity index is 2.22. The molecule has 0 aliphatic rings. The first-order chi connectivity index (χ1) is 11.0. The number of benzene rings is 2. The van der Waals surface area contributed by atoms with Gasteiger partial charge in [-0.05, 0) is 42.3 Å². The fourth-order valence-electron chi connectivity index (χ4n) is 2.65. The van der Waals surface area contributed by atoms with Gasteiger partial charge in [-0.1, -0.05) is 24.3 Å². The molecule has 0 aromatic heterocycles. The van der Waals surface area contributed by atoms with E-state index in [1.165, 1.54) is 0 Å². The molecule has 23 heavy (non-hydrogen) atoms. The van der Waals surface area contributed by atoms with Gasteiger partial charge in [-0.2, -0.15) is 5.26 Å². The van der Waals surface area contributed by atoms with Crippen LogP contribution in [-0.2, 0) is 4.79 Å². The number of nitrogens with zero attached hydrogens (tertiary/aromatic N) is 2. The predicted molar refractivity (Wildman–Crippen MR) is 91.3 cm³/mol.